The topological polar surface area (TPSA) is 79.3 Å². The number of hydrogen-bond donors (Lipinski definition) is 0. The van der Waals surface area contributed by atoms with Gasteiger partial charge in [-0.05, 0) is 37.8 Å². The Morgan fingerprint density at radius 3 is 2.41 bits per heavy atom. The van der Waals surface area contributed by atoms with Crippen molar-refractivity contribution in [1.82, 2.24) is 19.9 Å². The van der Waals surface area contributed by atoms with Crippen LogP contribution in [0.4, 0.5) is 5.69 Å². The lowest BCUT2D eigenvalue weighted by atomic mass is 9.77. The van der Waals surface area contributed by atoms with Crippen LogP contribution in [-0.4, -0.2) is 51.3 Å². The van der Waals surface area contributed by atoms with Crippen LogP contribution >= 0.6 is 0 Å². The van der Waals surface area contributed by atoms with Crippen LogP contribution < -0.4 is 4.90 Å². The van der Waals surface area contributed by atoms with E-state index in [2.05, 4.69) is 15.0 Å². The van der Waals surface area contributed by atoms with Gasteiger partial charge in [0.05, 0.1) is 29.1 Å². The summed E-state index contributed by atoms with van der Waals surface area (Å²) in [5.41, 5.74) is 1.98. The lowest BCUT2D eigenvalue weighted by molar-refractivity contribution is -0.127. The molecule has 7 heteroatoms. The smallest absolute Gasteiger partial charge is 0.255 e. The molecule has 2 aliphatic heterocycles. The molecule has 0 radical (unpaired) electrons. The number of nitrogens with zero attached hydrogens (tertiary/aromatic N) is 5. The van der Waals surface area contributed by atoms with E-state index in [1.807, 2.05) is 24.0 Å². The predicted molar refractivity (Wildman–Crippen MR) is 100 cm³/mol. The molecule has 2 aromatic rings. The molecular formula is C20H23N5O2. The summed E-state index contributed by atoms with van der Waals surface area (Å²) in [4.78, 5) is 41.8. The number of amides is 2. The van der Waals surface area contributed by atoms with Gasteiger partial charge < -0.3 is 9.80 Å². The Labute approximate surface area is 158 Å². The van der Waals surface area contributed by atoms with Crippen LogP contribution in [0.15, 0.2) is 37.1 Å². The molecule has 0 atom stereocenters. The third-order valence-electron chi connectivity index (χ3n) is 5.81. The minimum atomic E-state index is -0.364. The van der Waals surface area contributed by atoms with Gasteiger partial charge in [-0.2, -0.15) is 0 Å². The van der Waals surface area contributed by atoms with Crippen molar-refractivity contribution in [2.75, 3.05) is 24.5 Å². The van der Waals surface area contributed by atoms with E-state index in [0.29, 0.717) is 38.0 Å². The van der Waals surface area contributed by atoms with Gasteiger partial charge in [-0.3, -0.25) is 14.6 Å². The molecule has 7 nitrogen and oxygen atoms in total. The predicted octanol–water partition coefficient (Wildman–Crippen LogP) is 2.09. The Balaban J connectivity index is 1.42. The summed E-state index contributed by atoms with van der Waals surface area (Å²) in [5.74, 6) is 0.136. The number of aryl methyl sites for hydroxylation is 1. The molecule has 140 valence electrons. The van der Waals surface area contributed by atoms with Crippen LogP contribution in [0.2, 0.25) is 0 Å². The largest absolute Gasteiger partial charge is 0.339 e. The zero-order valence-corrected chi connectivity index (χ0v) is 15.5. The molecule has 4 rings (SSSR count). The Morgan fingerprint density at radius 2 is 1.78 bits per heavy atom. The second-order valence-corrected chi connectivity index (χ2v) is 7.27. The fraction of sp³-hybridized carbons (Fsp3) is 0.450. The fourth-order valence-electron chi connectivity index (χ4n) is 4.04. The van der Waals surface area contributed by atoms with Crippen LogP contribution in [-0.2, 0) is 11.2 Å². The van der Waals surface area contributed by atoms with E-state index in [9.17, 15) is 9.59 Å². The van der Waals surface area contributed by atoms with Crippen molar-refractivity contribution in [2.24, 2.45) is 5.41 Å². The third kappa shape index (κ3) is 3.18. The number of rotatable bonds is 3. The number of carbonyl (C=O) groups excluding carboxylic acids is 2. The molecule has 27 heavy (non-hydrogen) atoms. The molecule has 2 amide bonds. The molecule has 0 aromatic carbocycles. The normalized spacial score (nSPS) is 18.9. The number of hydrogen-bond acceptors (Lipinski definition) is 5. The Bertz CT molecular complexity index is 829. The third-order valence-corrected chi connectivity index (χ3v) is 5.81. The molecule has 0 unspecified atom stereocenters. The maximum absolute atomic E-state index is 13.1. The molecule has 1 spiro atoms. The second-order valence-electron chi connectivity index (χ2n) is 7.27. The molecule has 0 saturated carbocycles. The molecule has 2 aliphatic rings. The first kappa shape index (κ1) is 17.6. The molecular weight excluding hydrogens is 342 g/mol. The van der Waals surface area contributed by atoms with Crippen molar-refractivity contribution >= 4 is 17.5 Å². The minimum absolute atomic E-state index is 0.00114. The number of pyridine rings is 1. The number of anilines is 1. The van der Waals surface area contributed by atoms with Gasteiger partial charge in [0.25, 0.3) is 5.91 Å². The molecule has 0 N–H and O–H groups in total. The van der Waals surface area contributed by atoms with Crippen LogP contribution in [0.1, 0.15) is 42.2 Å². The minimum Gasteiger partial charge on any atom is -0.339 e. The Morgan fingerprint density at radius 1 is 1.07 bits per heavy atom. The van der Waals surface area contributed by atoms with Gasteiger partial charge >= 0.3 is 0 Å². The average Bonchev–Trinajstić information content (AvgIpc) is 3.05. The van der Waals surface area contributed by atoms with Gasteiger partial charge in [0.1, 0.15) is 6.33 Å². The van der Waals surface area contributed by atoms with E-state index < -0.39 is 0 Å². The Hall–Kier alpha value is -2.83. The van der Waals surface area contributed by atoms with Crippen LogP contribution in [0.5, 0.6) is 0 Å². The summed E-state index contributed by atoms with van der Waals surface area (Å²) in [7, 11) is 0. The molecule has 0 aliphatic carbocycles. The molecule has 2 fully saturated rings. The molecule has 2 aromatic heterocycles. The Kier molecular flexibility index (Phi) is 4.59. The van der Waals surface area contributed by atoms with E-state index in [1.54, 1.807) is 23.5 Å². The number of carbonyl (C=O) groups is 2. The first-order chi connectivity index (χ1) is 13.1. The van der Waals surface area contributed by atoms with E-state index >= 15 is 0 Å². The number of aromatic nitrogens is 3. The summed E-state index contributed by atoms with van der Waals surface area (Å²) in [5, 5.41) is 0. The lowest BCUT2D eigenvalue weighted by Crippen LogP contribution is -2.46. The maximum Gasteiger partial charge on any atom is 0.255 e. The molecule has 0 bridgehead atoms. The number of likely N-dealkylation sites (tertiary alicyclic amines) is 1. The summed E-state index contributed by atoms with van der Waals surface area (Å²) >= 11 is 0. The first-order valence-electron chi connectivity index (χ1n) is 9.44. The van der Waals surface area contributed by atoms with Crippen molar-refractivity contribution in [3.63, 3.8) is 0 Å². The highest BCUT2D eigenvalue weighted by Crippen LogP contribution is 2.43. The second kappa shape index (κ2) is 7.06. The average molecular weight is 365 g/mol. The zero-order chi connectivity index (χ0) is 18.9. The summed E-state index contributed by atoms with van der Waals surface area (Å²) in [6.07, 6.45) is 9.53. The lowest BCUT2D eigenvalue weighted by Gasteiger charge is -2.38. The summed E-state index contributed by atoms with van der Waals surface area (Å²) in [6, 6.07) is 3.75. The quantitative estimate of drug-likeness (QED) is 0.832. The van der Waals surface area contributed by atoms with Gasteiger partial charge in [-0.15, -0.1) is 0 Å². The standard InChI is InChI=1S/C20H23N5O2/c1-2-16-4-3-15(11-23-16)18(26)24-8-5-20(6-9-24)7-10-25(19(20)27)17-12-21-14-22-13-17/h3-4,11-14H,2,5-10H2,1H3. The van der Waals surface area contributed by atoms with Gasteiger partial charge in [-0.25, -0.2) is 9.97 Å². The molecule has 2 saturated heterocycles. The SMILES string of the molecule is CCc1ccc(C(=O)N2CCC3(CC2)CCN(c2cncnc2)C3=O)cn1. The van der Waals surface area contributed by atoms with Crippen molar-refractivity contribution in [3.05, 3.63) is 48.3 Å². The highest BCUT2D eigenvalue weighted by Gasteiger charge is 2.49. The highest BCUT2D eigenvalue weighted by molar-refractivity contribution is 6.00. The van der Waals surface area contributed by atoms with Crippen molar-refractivity contribution in [1.29, 1.82) is 0 Å². The summed E-state index contributed by atoms with van der Waals surface area (Å²) < 4.78 is 0. The van der Waals surface area contributed by atoms with Crippen molar-refractivity contribution in [2.45, 2.75) is 32.6 Å². The van der Waals surface area contributed by atoms with E-state index in [-0.39, 0.29) is 17.2 Å². The van der Waals surface area contributed by atoms with Gasteiger partial charge in [0, 0.05) is 31.5 Å². The van der Waals surface area contributed by atoms with Crippen molar-refractivity contribution in [3.8, 4) is 0 Å². The van der Waals surface area contributed by atoms with Crippen LogP contribution in [0.25, 0.3) is 0 Å². The first-order valence-corrected chi connectivity index (χ1v) is 9.44. The van der Waals surface area contributed by atoms with Gasteiger partial charge in [0.2, 0.25) is 5.91 Å². The van der Waals surface area contributed by atoms with E-state index in [0.717, 1.165) is 24.2 Å². The van der Waals surface area contributed by atoms with Gasteiger partial charge in [0.15, 0.2) is 0 Å². The van der Waals surface area contributed by atoms with E-state index in [1.165, 1.54) is 6.33 Å². The van der Waals surface area contributed by atoms with Crippen LogP contribution in [0, 0.1) is 5.41 Å². The summed E-state index contributed by atoms with van der Waals surface area (Å²) in [6.45, 7) is 3.92. The monoisotopic (exact) mass is 365 g/mol. The fourth-order valence-corrected chi connectivity index (χ4v) is 4.04. The highest BCUT2D eigenvalue weighted by atomic mass is 16.2. The molecule has 4 heterocycles. The maximum atomic E-state index is 13.1. The number of piperidine rings is 1. The van der Waals surface area contributed by atoms with Crippen molar-refractivity contribution < 1.29 is 9.59 Å². The van der Waals surface area contributed by atoms with Crippen LogP contribution in [0.3, 0.4) is 0 Å². The zero-order valence-electron chi connectivity index (χ0n) is 15.5. The van der Waals surface area contributed by atoms with E-state index in [4.69, 9.17) is 0 Å². The van der Waals surface area contributed by atoms with Gasteiger partial charge in [-0.1, -0.05) is 6.92 Å².